The normalized spacial score (nSPS) is 15.6. The molecule has 0 spiro atoms. The number of halogens is 1. The molecule has 1 saturated carbocycles. The Morgan fingerprint density at radius 3 is 2.53 bits per heavy atom. The highest BCUT2D eigenvalue weighted by molar-refractivity contribution is 7.89. The van der Waals surface area contributed by atoms with Gasteiger partial charge in [0.1, 0.15) is 0 Å². The second-order valence-corrected chi connectivity index (χ2v) is 7.21. The van der Waals surface area contributed by atoms with E-state index in [0.717, 1.165) is 12.1 Å². The lowest BCUT2D eigenvalue weighted by molar-refractivity contribution is 0.574. The van der Waals surface area contributed by atoms with Gasteiger partial charge in [-0.15, -0.1) is 0 Å². The van der Waals surface area contributed by atoms with Gasteiger partial charge in [-0.1, -0.05) is 23.7 Å². The van der Waals surface area contributed by atoms with Crippen LogP contribution in [0.25, 0.3) is 0 Å². The van der Waals surface area contributed by atoms with Gasteiger partial charge in [-0.2, -0.15) is 0 Å². The van der Waals surface area contributed by atoms with Crippen LogP contribution in [-0.4, -0.2) is 26.8 Å². The number of hydrogen-bond acceptors (Lipinski definition) is 3. The number of sulfonamides is 1. The van der Waals surface area contributed by atoms with Crippen molar-refractivity contribution in [3.63, 3.8) is 0 Å². The third kappa shape index (κ3) is 5.91. The van der Waals surface area contributed by atoms with Crippen LogP contribution >= 0.6 is 11.6 Å². The summed E-state index contributed by atoms with van der Waals surface area (Å²) in [6.07, 6.45) is 3.09. The summed E-state index contributed by atoms with van der Waals surface area (Å²) in [5, 5.41) is 3.95. The lowest BCUT2D eigenvalue weighted by Crippen LogP contribution is -2.28. The van der Waals surface area contributed by atoms with Crippen LogP contribution in [0, 0.1) is 0 Å². The first kappa shape index (κ1) is 14.8. The molecule has 0 bridgehead atoms. The Balaban J connectivity index is 1.68. The van der Waals surface area contributed by atoms with Gasteiger partial charge >= 0.3 is 0 Å². The Labute approximate surface area is 119 Å². The van der Waals surface area contributed by atoms with Crippen molar-refractivity contribution in [2.24, 2.45) is 0 Å². The van der Waals surface area contributed by atoms with Gasteiger partial charge in [0.15, 0.2) is 0 Å². The van der Waals surface area contributed by atoms with Gasteiger partial charge in [0.25, 0.3) is 0 Å². The first-order valence-electron chi connectivity index (χ1n) is 6.50. The van der Waals surface area contributed by atoms with E-state index in [1.54, 1.807) is 12.1 Å². The Morgan fingerprint density at radius 1 is 1.21 bits per heavy atom. The van der Waals surface area contributed by atoms with E-state index in [-0.39, 0.29) is 5.75 Å². The topological polar surface area (TPSA) is 58.2 Å². The van der Waals surface area contributed by atoms with Crippen LogP contribution in [0.5, 0.6) is 0 Å². The van der Waals surface area contributed by atoms with Gasteiger partial charge in [-0.25, -0.2) is 13.1 Å². The SMILES string of the molecule is O=S(=O)(CCCNC1CC1)NCc1ccc(Cl)cc1. The van der Waals surface area contributed by atoms with E-state index >= 15 is 0 Å². The predicted molar refractivity (Wildman–Crippen MR) is 77.7 cm³/mol. The standard InChI is InChI=1S/C13H19ClN2O2S/c14-12-4-2-11(3-5-12)10-16-19(17,18)9-1-8-15-13-6-7-13/h2-5,13,15-16H,1,6-10H2. The van der Waals surface area contributed by atoms with Gasteiger partial charge in [0.2, 0.25) is 10.0 Å². The molecule has 19 heavy (non-hydrogen) atoms. The fourth-order valence-corrected chi connectivity index (χ4v) is 2.90. The molecule has 1 aliphatic carbocycles. The Kier molecular flexibility index (Phi) is 5.21. The van der Waals surface area contributed by atoms with Crippen molar-refractivity contribution in [2.75, 3.05) is 12.3 Å². The fourth-order valence-electron chi connectivity index (χ4n) is 1.72. The molecule has 0 radical (unpaired) electrons. The van der Waals surface area contributed by atoms with Crippen LogP contribution in [0.15, 0.2) is 24.3 Å². The first-order chi connectivity index (χ1) is 9.05. The third-order valence-electron chi connectivity index (χ3n) is 3.01. The summed E-state index contributed by atoms with van der Waals surface area (Å²) in [5.74, 6) is 0.167. The molecular formula is C13H19ClN2O2S. The maximum Gasteiger partial charge on any atom is 0.211 e. The maximum atomic E-state index is 11.8. The van der Waals surface area contributed by atoms with Crippen molar-refractivity contribution in [2.45, 2.75) is 31.8 Å². The second-order valence-electron chi connectivity index (χ2n) is 4.85. The van der Waals surface area contributed by atoms with E-state index in [4.69, 9.17) is 11.6 Å². The van der Waals surface area contributed by atoms with Crippen molar-refractivity contribution in [3.05, 3.63) is 34.9 Å². The summed E-state index contributed by atoms with van der Waals surface area (Å²) in [5.41, 5.74) is 0.907. The minimum Gasteiger partial charge on any atom is -0.314 e. The highest BCUT2D eigenvalue weighted by Crippen LogP contribution is 2.18. The fraction of sp³-hybridized carbons (Fsp3) is 0.538. The summed E-state index contributed by atoms with van der Waals surface area (Å²) in [6.45, 7) is 1.09. The zero-order valence-electron chi connectivity index (χ0n) is 10.7. The molecule has 1 fully saturated rings. The molecule has 0 heterocycles. The quantitative estimate of drug-likeness (QED) is 0.721. The number of nitrogens with one attached hydrogen (secondary N) is 2. The van der Waals surface area contributed by atoms with Crippen LogP contribution in [0.4, 0.5) is 0 Å². The molecule has 0 aromatic heterocycles. The van der Waals surface area contributed by atoms with E-state index in [1.165, 1.54) is 12.8 Å². The number of rotatable bonds is 8. The minimum absolute atomic E-state index is 0.167. The van der Waals surface area contributed by atoms with Crippen molar-refractivity contribution in [3.8, 4) is 0 Å². The Morgan fingerprint density at radius 2 is 1.89 bits per heavy atom. The molecule has 1 aromatic rings. The molecule has 1 aromatic carbocycles. The van der Waals surface area contributed by atoms with Crippen LogP contribution in [0.3, 0.4) is 0 Å². The van der Waals surface area contributed by atoms with Gasteiger partial charge in [-0.3, -0.25) is 0 Å². The summed E-state index contributed by atoms with van der Waals surface area (Å²) in [7, 11) is -3.19. The average molecular weight is 303 g/mol. The van der Waals surface area contributed by atoms with Crippen molar-refractivity contribution < 1.29 is 8.42 Å². The predicted octanol–water partition coefficient (Wildman–Crippen LogP) is 1.90. The van der Waals surface area contributed by atoms with Crippen LogP contribution in [0.1, 0.15) is 24.8 Å². The van der Waals surface area contributed by atoms with E-state index in [9.17, 15) is 8.42 Å². The highest BCUT2D eigenvalue weighted by Gasteiger charge is 2.20. The lowest BCUT2D eigenvalue weighted by Gasteiger charge is -2.07. The molecule has 0 unspecified atom stereocenters. The molecule has 0 amide bonds. The monoisotopic (exact) mass is 302 g/mol. The van der Waals surface area contributed by atoms with E-state index in [0.29, 0.717) is 24.0 Å². The van der Waals surface area contributed by atoms with E-state index < -0.39 is 10.0 Å². The van der Waals surface area contributed by atoms with Gasteiger partial charge in [0, 0.05) is 17.6 Å². The second kappa shape index (κ2) is 6.70. The van der Waals surface area contributed by atoms with E-state index in [1.807, 2.05) is 12.1 Å². The van der Waals surface area contributed by atoms with Crippen molar-refractivity contribution in [1.29, 1.82) is 0 Å². The van der Waals surface area contributed by atoms with Crippen LogP contribution in [0.2, 0.25) is 5.02 Å². The zero-order chi connectivity index (χ0) is 13.7. The van der Waals surface area contributed by atoms with Crippen LogP contribution in [-0.2, 0) is 16.6 Å². The zero-order valence-corrected chi connectivity index (χ0v) is 12.3. The number of hydrogen-bond donors (Lipinski definition) is 2. The molecule has 6 heteroatoms. The van der Waals surface area contributed by atoms with Crippen molar-refractivity contribution in [1.82, 2.24) is 10.0 Å². The van der Waals surface area contributed by atoms with Gasteiger partial charge < -0.3 is 5.32 Å². The smallest absolute Gasteiger partial charge is 0.211 e. The minimum atomic E-state index is -3.19. The Bertz CT molecular complexity index is 498. The van der Waals surface area contributed by atoms with Crippen LogP contribution < -0.4 is 10.0 Å². The molecule has 2 N–H and O–H groups in total. The highest BCUT2D eigenvalue weighted by atomic mass is 35.5. The molecule has 4 nitrogen and oxygen atoms in total. The largest absolute Gasteiger partial charge is 0.314 e. The summed E-state index contributed by atoms with van der Waals surface area (Å²) in [6, 6.07) is 7.78. The maximum absolute atomic E-state index is 11.8. The molecule has 0 atom stereocenters. The molecule has 1 aliphatic rings. The summed E-state index contributed by atoms with van der Waals surface area (Å²) in [4.78, 5) is 0. The molecular weight excluding hydrogens is 284 g/mol. The van der Waals surface area contributed by atoms with Crippen molar-refractivity contribution >= 4 is 21.6 Å². The molecule has 0 saturated heterocycles. The third-order valence-corrected chi connectivity index (χ3v) is 4.67. The molecule has 106 valence electrons. The van der Waals surface area contributed by atoms with Gasteiger partial charge in [-0.05, 0) is 43.5 Å². The number of benzene rings is 1. The van der Waals surface area contributed by atoms with Gasteiger partial charge in [0.05, 0.1) is 5.75 Å². The summed E-state index contributed by atoms with van der Waals surface area (Å²) >= 11 is 5.77. The average Bonchev–Trinajstić information content (AvgIpc) is 3.18. The molecule has 2 rings (SSSR count). The Hall–Kier alpha value is -0.620. The van der Waals surface area contributed by atoms with E-state index in [2.05, 4.69) is 10.0 Å². The molecule has 0 aliphatic heterocycles. The lowest BCUT2D eigenvalue weighted by atomic mass is 10.2. The first-order valence-corrected chi connectivity index (χ1v) is 8.53. The summed E-state index contributed by atoms with van der Waals surface area (Å²) < 4.78 is 26.1.